The van der Waals surface area contributed by atoms with E-state index in [1.165, 1.54) is 37.1 Å². The van der Waals surface area contributed by atoms with Gasteiger partial charge in [0.05, 0.1) is 5.56 Å². The number of imidazole rings is 1. The van der Waals surface area contributed by atoms with Crippen LogP contribution in [-0.2, 0) is 23.2 Å². The minimum atomic E-state index is -4.55. The molecular formula is C15H14F3N5O2S. The van der Waals surface area contributed by atoms with Crippen molar-refractivity contribution in [3.8, 4) is 11.4 Å². The number of rotatable bonds is 3. The van der Waals surface area contributed by atoms with Crippen molar-refractivity contribution in [2.24, 2.45) is 7.05 Å². The Labute approximate surface area is 147 Å². The number of aromatic nitrogens is 4. The predicted molar refractivity (Wildman–Crippen MR) is 87.6 cm³/mol. The summed E-state index contributed by atoms with van der Waals surface area (Å²) in [6, 6.07) is 2.33. The highest BCUT2D eigenvalue weighted by molar-refractivity contribution is 7.89. The largest absolute Gasteiger partial charge is 0.417 e. The second kappa shape index (κ2) is 6.02. The van der Waals surface area contributed by atoms with Crippen LogP contribution in [0.1, 0.15) is 5.56 Å². The number of pyridine rings is 2. The first-order valence-electron chi connectivity index (χ1n) is 7.30. The zero-order valence-electron chi connectivity index (χ0n) is 14.0. The van der Waals surface area contributed by atoms with E-state index in [0.717, 1.165) is 16.6 Å². The molecule has 26 heavy (non-hydrogen) atoms. The van der Waals surface area contributed by atoms with Gasteiger partial charge in [-0.1, -0.05) is 0 Å². The van der Waals surface area contributed by atoms with E-state index in [0.29, 0.717) is 0 Å². The lowest BCUT2D eigenvalue weighted by Crippen LogP contribution is -2.23. The number of aryl methyl sites for hydroxylation is 1. The van der Waals surface area contributed by atoms with Crippen molar-refractivity contribution >= 4 is 21.2 Å². The van der Waals surface area contributed by atoms with Gasteiger partial charge in [-0.25, -0.2) is 22.7 Å². The van der Waals surface area contributed by atoms with E-state index in [2.05, 4.69) is 15.0 Å². The van der Waals surface area contributed by atoms with E-state index in [-0.39, 0.29) is 27.4 Å². The van der Waals surface area contributed by atoms with Crippen molar-refractivity contribution < 1.29 is 21.6 Å². The highest BCUT2D eigenvalue weighted by Gasteiger charge is 2.32. The average molecular weight is 385 g/mol. The summed E-state index contributed by atoms with van der Waals surface area (Å²) in [5.41, 5.74) is -0.478. The van der Waals surface area contributed by atoms with E-state index in [4.69, 9.17) is 0 Å². The second-order valence-electron chi connectivity index (χ2n) is 5.72. The Morgan fingerprint density at radius 3 is 2.50 bits per heavy atom. The van der Waals surface area contributed by atoms with Crippen molar-refractivity contribution in [3.63, 3.8) is 0 Å². The van der Waals surface area contributed by atoms with Crippen molar-refractivity contribution in [1.82, 2.24) is 23.8 Å². The summed E-state index contributed by atoms with van der Waals surface area (Å²) in [4.78, 5) is 11.7. The van der Waals surface area contributed by atoms with Gasteiger partial charge in [0.1, 0.15) is 16.2 Å². The number of nitrogens with zero attached hydrogens (tertiary/aromatic N) is 5. The number of hydrogen-bond donors (Lipinski definition) is 0. The molecule has 0 unspecified atom stereocenters. The fourth-order valence-electron chi connectivity index (χ4n) is 2.44. The smallest absolute Gasteiger partial charge is 0.312 e. The van der Waals surface area contributed by atoms with Crippen LogP contribution in [0, 0.1) is 0 Å². The fraction of sp³-hybridized carbons (Fsp3) is 0.267. The fourth-order valence-corrected chi connectivity index (χ4v) is 3.46. The van der Waals surface area contributed by atoms with Gasteiger partial charge in [-0.3, -0.25) is 4.98 Å². The maximum atomic E-state index is 12.9. The molecule has 0 aliphatic heterocycles. The third kappa shape index (κ3) is 2.92. The molecule has 11 heteroatoms. The molecule has 0 aliphatic carbocycles. The minimum Gasteiger partial charge on any atom is -0.312 e. The first-order chi connectivity index (χ1) is 12.0. The van der Waals surface area contributed by atoms with E-state index >= 15 is 0 Å². The van der Waals surface area contributed by atoms with Gasteiger partial charge in [-0.15, -0.1) is 0 Å². The van der Waals surface area contributed by atoms with Crippen molar-refractivity contribution in [3.05, 3.63) is 36.3 Å². The van der Waals surface area contributed by atoms with Crippen LogP contribution in [-0.4, -0.2) is 46.3 Å². The van der Waals surface area contributed by atoms with Crippen molar-refractivity contribution in [2.45, 2.75) is 11.1 Å². The minimum absolute atomic E-state index is 0.0161. The standard InChI is InChI=1S/C15H14F3N5O2S/c1-22(2)26(24,25)12-8-19-5-4-10(12)13-21-11-6-9(15(16,17)18)7-20-14(11)23(13)3/h4-8H,1-3H3. The van der Waals surface area contributed by atoms with Gasteiger partial charge in [0.25, 0.3) is 0 Å². The molecule has 0 saturated heterocycles. The number of fused-ring (bicyclic) bond motifs is 1. The van der Waals surface area contributed by atoms with Crippen LogP contribution in [0.5, 0.6) is 0 Å². The van der Waals surface area contributed by atoms with Gasteiger partial charge in [0.2, 0.25) is 10.0 Å². The van der Waals surface area contributed by atoms with Gasteiger partial charge < -0.3 is 4.57 Å². The summed E-state index contributed by atoms with van der Waals surface area (Å²) < 4.78 is 66.2. The molecule has 3 aromatic heterocycles. The molecule has 0 aromatic carbocycles. The molecular weight excluding hydrogens is 371 g/mol. The monoisotopic (exact) mass is 385 g/mol. The molecule has 7 nitrogen and oxygen atoms in total. The Kier molecular flexibility index (Phi) is 4.23. The van der Waals surface area contributed by atoms with Crippen LogP contribution >= 0.6 is 0 Å². The van der Waals surface area contributed by atoms with Crippen LogP contribution in [0.3, 0.4) is 0 Å². The SMILES string of the molecule is CN(C)S(=O)(=O)c1cnccc1-c1nc2cc(C(F)(F)F)cnc2n1C. The number of alkyl halides is 3. The molecule has 138 valence electrons. The normalized spacial score (nSPS) is 12.9. The average Bonchev–Trinajstić information content (AvgIpc) is 2.90. The van der Waals surface area contributed by atoms with Crippen LogP contribution in [0.25, 0.3) is 22.6 Å². The molecule has 0 spiro atoms. The summed E-state index contributed by atoms with van der Waals surface area (Å²) in [6.07, 6.45) is -1.26. The quantitative estimate of drug-likeness (QED) is 0.691. The molecule has 3 heterocycles. The molecule has 0 saturated carbocycles. The first-order valence-corrected chi connectivity index (χ1v) is 8.74. The van der Waals surface area contributed by atoms with E-state index in [1.807, 2.05) is 0 Å². The lowest BCUT2D eigenvalue weighted by molar-refractivity contribution is -0.137. The Balaban J connectivity index is 2.26. The predicted octanol–water partition coefficient (Wildman–Crippen LogP) is 2.30. The molecule has 0 bridgehead atoms. The second-order valence-corrected chi connectivity index (χ2v) is 7.84. The zero-order valence-corrected chi connectivity index (χ0v) is 14.8. The molecule has 3 rings (SSSR count). The molecule has 0 aliphatic rings. The van der Waals surface area contributed by atoms with E-state index in [1.54, 1.807) is 7.05 Å². The zero-order chi connectivity index (χ0) is 19.3. The highest BCUT2D eigenvalue weighted by atomic mass is 32.2. The Morgan fingerprint density at radius 1 is 1.19 bits per heavy atom. The number of sulfonamides is 1. The van der Waals surface area contributed by atoms with Gasteiger partial charge in [0, 0.05) is 45.3 Å². The molecule has 0 fully saturated rings. The lowest BCUT2D eigenvalue weighted by atomic mass is 10.2. The van der Waals surface area contributed by atoms with Crippen LogP contribution < -0.4 is 0 Å². The summed E-state index contributed by atoms with van der Waals surface area (Å²) in [6.45, 7) is 0. The molecule has 0 atom stereocenters. The maximum absolute atomic E-state index is 12.9. The van der Waals surface area contributed by atoms with Crippen LogP contribution in [0.15, 0.2) is 35.6 Å². The Bertz CT molecular complexity index is 1090. The van der Waals surface area contributed by atoms with Gasteiger partial charge >= 0.3 is 6.18 Å². The number of hydrogen-bond acceptors (Lipinski definition) is 5. The van der Waals surface area contributed by atoms with Gasteiger partial charge in [-0.2, -0.15) is 13.2 Å². The lowest BCUT2D eigenvalue weighted by Gasteiger charge is -2.14. The Hall–Kier alpha value is -2.53. The molecule has 0 radical (unpaired) electrons. The van der Waals surface area contributed by atoms with E-state index < -0.39 is 21.8 Å². The van der Waals surface area contributed by atoms with Crippen molar-refractivity contribution in [2.75, 3.05) is 14.1 Å². The summed E-state index contributed by atoms with van der Waals surface area (Å²) >= 11 is 0. The third-order valence-corrected chi connectivity index (χ3v) is 5.66. The summed E-state index contributed by atoms with van der Waals surface area (Å²) in [5.74, 6) is 0.176. The maximum Gasteiger partial charge on any atom is 0.417 e. The summed E-state index contributed by atoms with van der Waals surface area (Å²) in [7, 11) is 0.475. The van der Waals surface area contributed by atoms with Gasteiger partial charge in [0.15, 0.2) is 5.65 Å². The first kappa shape index (κ1) is 18.3. The van der Waals surface area contributed by atoms with Gasteiger partial charge in [-0.05, 0) is 12.1 Å². The topological polar surface area (TPSA) is 81.0 Å². The Morgan fingerprint density at radius 2 is 1.88 bits per heavy atom. The molecule has 0 amide bonds. The highest BCUT2D eigenvalue weighted by Crippen LogP contribution is 2.33. The summed E-state index contributed by atoms with van der Waals surface area (Å²) in [5, 5.41) is 0. The van der Waals surface area contributed by atoms with Crippen LogP contribution in [0.2, 0.25) is 0 Å². The molecule has 3 aromatic rings. The molecule has 0 N–H and O–H groups in total. The van der Waals surface area contributed by atoms with Crippen LogP contribution in [0.4, 0.5) is 13.2 Å². The number of halogens is 3. The third-order valence-electron chi connectivity index (χ3n) is 3.82. The van der Waals surface area contributed by atoms with E-state index in [9.17, 15) is 21.6 Å². The van der Waals surface area contributed by atoms with Crippen molar-refractivity contribution in [1.29, 1.82) is 0 Å².